The maximum absolute atomic E-state index is 5.97. The highest BCUT2D eigenvalue weighted by atomic mass is 16.5. The minimum Gasteiger partial charge on any atom is -0.490 e. The molecule has 1 aliphatic rings. The summed E-state index contributed by atoms with van der Waals surface area (Å²) in [5.41, 5.74) is 6.70. The van der Waals surface area contributed by atoms with Crippen LogP contribution in [0.15, 0.2) is 24.3 Å². The third kappa shape index (κ3) is 3.45. The number of methoxy groups -OCH3 is 1. The molecule has 0 aliphatic heterocycles. The minimum absolute atomic E-state index is 0.289. The molecule has 3 nitrogen and oxygen atoms in total. The number of benzene rings is 1. The first kappa shape index (κ1) is 12.4. The molecule has 1 aliphatic carbocycles. The van der Waals surface area contributed by atoms with E-state index in [0.29, 0.717) is 12.6 Å². The molecular formula is C14H21NO2. The average Bonchev–Trinajstić information content (AvgIpc) is 2.40. The van der Waals surface area contributed by atoms with Crippen molar-refractivity contribution < 1.29 is 9.47 Å². The van der Waals surface area contributed by atoms with Crippen LogP contribution in [0.1, 0.15) is 31.2 Å². The van der Waals surface area contributed by atoms with Crippen LogP contribution in [0.25, 0.3) is 0 Å². The van der Waals surface area contributed by atoms with E-state index in [1.165, 1.54) is 6.42 Å². The van der Waals surface area contributed by atoms with E-state index < -0.39 is 0 Å². The maximum atomic E-state index is 5.97. The Hall–Kier alpha value is -1.06. The molecular weight excluding hydrogens is 214 g/mol. The normalized spacial score (nSPS) is 24.6. The molecule has 1 aromatic carbocycles. The van der Waals surface area contributed by atoms with Crippen molar-refractivity contribution in [2.45, 2.75) is 44.4 Å². The summed E-state index contributed by atoms with van der Waals surface area (Å²) in [5, 5.41) is 0. The van der Waals surface area contributed by atoms with Crippen molar-refractivity contribution in [1.82, 2.24) is 0 Å². The van der Waals surface area contributed by atoms with Crippen LogP contribution in [0.2, 0.25) is 0 Å². The van der Waals surface area contributed by atoms with Gasteiger partial charge in [0.05, 0.1) is 6.10 Å². The van der Waals surface area contributed by atoms with Crippen molar-refractivity contribution in [2.75, 3.05) is 7.11 Å². The Morgan fingerprint density at radius 3 is 2.53 bits per heavy atom. The van der Waals surface area contributed by atoms with Crippen molar-refractivity contribution in [2.24, 2.45) is 5.73 Å². The monoisotopic (exact) mass is 235 g/mol. The zero-order valence-corrected chi connectivity index (χ0v) is 10.4. The second-order valence-corrected chi connectivity index (χ2v) is 4.61. The van der Waals surface area contributed by atoms with Crippen molar-refractivity contribution >= 4 is 0 Å². The topological polar surface area (TPSA) is 44.5 Å². The Bertz CT molecular complexity index is 337. The van der Waals surface area contributed by atoms with Crippen LogP contribution in [0.4, 0.5) is 0 Å². The fourth-order valence-corrected chi connectivity index (χ4v) is 2.32. The number of rotatable bonds is 4. The molecule has 17 heavy (non-hydrogen) atoms. The maximum Gasteiger partial charge on any atom is 0.119 e. The van der Waals surface area contributed by atoms with Crippen LogP contribution in [0, 0.1) is 0 Å². The predicted octanol–water partition coefficient (Wildman–Crippen LogP) is 2.48. The molecule has 2 N–H and O–H groups in total. The van der Waals surface area contributed by atoms with Gasteiger partial charge in [-0.15, -0.1) is 0 Å². The highest BCUT2D eigenvalue weighted by Gasteiger charge is 2.22. The molecule has 0 aromatic heterocycles. The Balaban J connectivity index is 1.90. The quantitative estimate of drug-likeness (QED) is 0.872. The predicted molar refractivity (Wildman–Crippen MR) is 68.0 cm³/mol. The van der Waals surface area contributed by atoms with Crippen molar-refractivity contribution in [3.05, 3.63) is 29.8 Å². The van der Waals surface area contributed by atoms with Crippen LogP contribution < -0.4 is 10.5 Å². The third-order valence-electron chi connectivity index (χ3n) is 3.37. The molecule has 0 heterocycles. The standard InChI is InChI=1S/C14H21NO2/c1-16-13-3-2-4-14(9-13)17-12-7-5-11(10-15)6-8-12/h5-8,13-14H,2-4,9-10,15H2,1H3. The van der Waals surface area contributed by atoms with E-state index in [2.05, 4.69) is 0 Å². The summed E-state index contributed by atoms with van der Waals surface area (Å²) in [6.45, 7) is 0.579. The third-order valence-corrected chi connectivity index (χ3v) is 3.37. The van der Waals surface area contributed by atoms with Crippen LogP contribution in [-0.2, 0) is 11.3 Å². The van der Waals surface area contributed by atoms with Gasteiger partial charge in [-0.1, -0.05) is 12.1 Å². The second-order valence-electron chi connectivity index (χ2n) is 4.61. The molecule has 0 bridgehead atoms. The molecule has 0 spiro atoms. The SMILES string of the molecule is COC1CCCC(Oc2ccc(CN)cc2)C1. The van der Waals surface area contributed by atoms with Crippen molar-refractivity contribution in [3.8, 4) is 5.75 Å². The summed E-state index contributed by atoms with van der Waals surface area (Å²) < 4.78 is 11.4. The lowest BCUT2D eigenvalue weighted by atomic mass is 9.95. The Kier molecular flexibility index (Phi) is 4.40. The summed E-state index contributed by atoms with van der Waals surface area (Å²) in [5.74, 6) is 0.934. The lowest BCUT2D eigenvalue weighted by Gasteiger charge is -2.28. The van der Waals surface area contributed by atoms with E-state index in [9.17, 15) is 0 Å². The van der Waals surface area contributed by atoms with E-state index in [4.69, 9.17) is 15.2 Å². The van der Waals surface area contributed by atoms with Gasteiger partial charge in [0, 0.05) is 20.1 Å². The highest BCUT2D eigenvalue weighted by molar-refractivity contribution is 5.27. The first-order valence-corrected chi connectivity index (χ1v) is 6.30. The van der Waals surface area contributed by atoms with Gasteiger partial charge in [0.1, 0.15) is 11.9 Å². The highest BCUT2D eigenvalue weighted by Crippen LogP contribution is 2.25. The molecule has 2 unspecified atom stereocenters. The van der Waals surface area contributed by atoms with Gasteiger partial charge in [0.25, 0.3) is 0 Å². The molecule has 94 valence electrons. The summed E-state index contributed by atoms with van der Waals surface area (Å²) in [4.78, 5) is 0. The Morgan fingerprint density at radius 2 is 1.88 bits per heavy atom. The Morgan fingerprint density at radius 1 is 1.18 bits per heavy atom. The van der Waals surface area contributed by atoms with Gasteiger partial charge in [0.15, 0.2) is 0 Å². The molecule has 1 saturated carbocycles. The summed E-state index contributed by atoms with van der Waals surface area (Å²) >= 11 is 0. The van der Waals surface area contributed by atoms with Gasteiger partial charge in [0.2, 0.25) is 0 Å². The van der Waals surface area contributed by atoms with Crippen LogP contribution in [0.5, 0.6) is 5.75 Å². The van der Waals surface area contributed by atoms with Gasteiger partial charge in [-0.25, -0.2) is 0 Å². The molecule has 1 aromatic rings. The van der Waals surface area contributed by atoms with Gasteiger partial charge in [-0.3, -0.25) is 0 Å². The second kappa shape index (κ2) is 6.03. The molecule has 2 atom stereocenters. The van der Waals surface area contributed by atoms with Gasteiger partial charge >= 0.3 is 0 Å². The van der Waals surface area contributed by atoms with E-state index in [1.807, 2.05) is 24.3 Å². The lowest BCUT2D eigenvalue weighted by Crippen LogP contribution is -2.29. The summed E-state index contributed by atoms with van der Waals surface area (Å²) in [6.07, 6.45) is 5.11. The summed E-state index contributed by atoms with van der Waals surface area (Å²) in [7, 11) is 1.78. The largest absolute Gasteiger partial charge is 0.490 e. The minimum atomic E-state index is 0.289. The molecule has 0 saturated heterocycles. The van der Waals surface area contributed by atoms with E-state index in [1.54, 1.807) is 7.11 Å². The van der Waals surface area contributed by atoms with Crippen LogP contribution >= 0.6 is 0 Å². The zero-order chi connectivity index (χ0) is 12.1. The van der Waals surface area contributed by atoms with Crippen molar-refractivity contribution in [3.63, 3.8) is 0 Å². The van der Waals surface area contributed by atoms with Gasteiger partial charge in [-0.2, -0.15) is 0 Å². The number of hydrogen-bond donors (Lipinski definition) is 1. The van der Waals surface area contributed by atoms with Crippen molar-refractivity contribution in [1.29, 1.82) is 0 Å². The molecule has 0 amide bonds. The molecule has 3 heteroatoms. The average molecular weight is 235 g/mol. The van der Waals surface area contributed by atoms with E-state index in [-0.39, 0.29) is 6.10 Å². The Labute approximate surface area is 103 Å². The fraction of sp³-hybridized carbons (Fsp3) is 0.571. The first-order chi connectivity index (χ1) is 8.31. The molecule has 0 radical (unpaired) electrons. The molecule has 2 rings (SSSR count). The smallest absolute Gasteiger partial charge is 0.119 e. The van der Waals surface area contributed by atoms with Crippen LogP contribution in [-0.4, -0.2) is 19.3 Å². The van der Waals surface area contributed by atoms with Crippen LogP contribution in [0.3, 0.4) is 0 Å². The zero-order valence-electron chi connectivity index (χ0n) is 10.4. The number of hydrogen-bond acceptors (Lipinski definition) is 3. The van der Waals surface area contributed by atoms with Gasteiger partial charge < -0.3 is 15.2 Å². The van der Waals surface area contributed by atoms with Gasteiger partial charge in [-0.05, 0) is 37.0 Å². The number of ether oxygens (including phenoxy) is 2. The summed E-state index contributed by atoms with van der Waals surface area (Å²) in [6, 6.07) is 8.04. The fourth-order valence-electron chi connectivity index (χ4n) is 2.32. The van der Waals surface area contributed by atoms with E-state index >= 15 is 0 Å². The first-order valence-electron chi connectivity index (χ1n) is 6.30. The molecule has 1 fully saturated rings. The van der Waals surface area contributed by atoms with E-state index in [0.717, 1.165) is 30.6 Å². The number of nitrogens with two attached hydrogens (primary N) is 1. The lowest BCUT2D eigenvalue weighted by molar-refractivity contribution is 0.0209.